The smallest absolute Gasteiger partial charge is 0.261 e. The standard InChI is InChI=1S/C33H42FN5O3/c1-19-18-38(13-11-35-19)32(37-29-15-22-14-27(20(29)2)33(22,3)4)36-23-7-9-25-26(16-23)31(41)39(30(25)40)12-10-21-6-8-24(42-5)17-28(21)34/h6-9,16-17,19-20,22,27,29,35H,10-15,18H2,1-5H3,(H,36,37)/t19-,20+,22-,27-,29-/m0/s1. The van der Waals surface area contributed by atoms with Crippen LogP contribution in [0.1, 0.15) is 66.8 Å². The minimum Gasteiger partial charge on any atom is -0.497 e. The summed E-state index contributed by atoms with van der Waals surface area (Å²) in [5.74, 6) is 2.09. The summed E-state index contributed by atoms with van der Waals surface area (Å²) in [6.45, 7) is 12.0. The molecule has 2 heterocycles. The molecule has 8 nitrogen and oxygen atoms in total. The number of aliphatic imine (C=N–C) groups is 1. The van der Waals surface area contributed by atoms with Crippen molar-refractivity contribution in [2.24, 2.45) is 28.2 Å². The monoisotopic (exact) mass is 575 g/mol. The van der Waals surface area contributed by atoms with Crippen molar-refractivity contribution in [3.8, 4) is 5.75 Å². The van der Waals surface area contributed by atoms with Crippen LogP contribution in [0.5, 0.6) is 5.75 Å². The molecule has 3 aliphatic carbocycles. The normalized spacial score (nSPS) is 28.4. The van der Waals surface area contributed by atoms with Crippen molar-refractivity contribution in [1.82, 2.24) is 20.4 Å². The number of rotatable bonds is 6. The van der Waals surface area contributed by atoms with Crippen LogP contribution < -0.4 is 15.4 Å². The Morgan fingerprint density at radius 3 is 2.60 bits per heavy atom. The molecule has 0 aromatic heterocycles. The second-order valence-corrected chi connectivity index (χ2v) is 13.1. The van der Waals surface area contributed by atoms with Crippen molar-refractivity contribution >= 4 is 23.5 Å². The Hall–Kier alpha value is -3.46. The number of benzene rings is 2. The molecule has 5 atom stereocenters. The second-order valence-electron chi connectivity index (χ2n) is 13.1. The van der Waals surface area contributed by atoms with Gasteiger partial charge in [0.25, 0.3) is 11.8 Å². The van der Waals surface area contributed by atoms with Crippen LogP contribution in [0.3, 0.4) is 0 Å². The van der Waals surface area contributed by atoms with Gasteiger partial charge in [-0.1, -0.05) is 26.8 Å². The average molecular weight is 576 g/mol. The summed E-state index contributed by atoms with van der Waals surface area (Å²) in [5.41, 5.74) is 2.18. The highest BCUT2D eigenvalue weighted by atomic mass is 19.1. The summed E-state index contributed by atoms with van der Waals surface area (Å²) in [4.78, 5) is 35.1. The van der Waals surface area contributed by atoms with E-state index in [9.17, 15) is 14.0 Å². The van der Waals surface area contributed by atoms with Crippen LogP contribution in [0.2, 0.25) is 0 Å². The maximum atomic E-state index is 14.5. The lowest BCUT2D eigenvalue weighted by Crippen LogP contribution is -2.63. The number of nitrogens with zero attached hydrogens (tertiary/aromatic N) is 3. The van der Waals surface area contributed by atoms with Crippen LogP contribution in [-0.2, 0) is 6.42 Å². The van der Waals surface area contributed by atoms with Gasteiger partial charge in [-0.25, -0.2) is 9.38 Å². The molecule has 2 aromatic carbocycles. The van der Waals surface area contributed by atoms with Crippen molar-refractivity contribution in [3.05, 3.63) is 58.9 Å². The van der Waals surface area contributed by atoms with Gasteiger partial charge in [-0.3, -0.25) is 14.5 Å². The Balaban J connectivity index is 1.22. The fourth-order valence-corrected chi connectivity index (χ4v) is 7.59. The highest BCUT2D eigenvalue weighted by Gasteiger charge is 2.56. The predicted molar refractivity (Wildman–Crippen MR) is 161 cm³/mol. The number of fused-ring (bicyclic) bond motifs is 3. The zero-order valence-corrected chi connectivity index (χ0v) is 25.2. The molecule has 2 aromatic rings. The van der Waals surface area contributed by atoms with E-state index in [0.717, 1.165) is 37.9 Å². The van der Waals surface area contributed by atoms with Gasteiger partial charge >= 0.3 is 0 Å². The van der Waals surface area contributed by atoms with E-state index in [2.05, 4.69) is 43.2 Å². The van der Waals surface area contributed by atoms with Gasteiger partial charge in [0.1, 0.15) is 11.6 Å². The quantitative estimate of drug-likeness (QED) is 0.297. The molecule has 0 spiro atoms. The first-order valence-electron chi connectivity index (χ1n) is 15.2. The lowest BCUT2D eigenvalue weighted by atomic mass is 9.45. The molecule has 7 rings (SSSR count). The first kappa shape index (κ1) is 28.6. The molecule has 2 bridgehead atoms. The number of carbonyl (C=O) groups excluding carboxylic acids is 2. The van der Waals surface area contributed by atoms with Crippen molar-refractivity contribution in [2.45, 2.75) is 59.0 Å². The van der Waals surface area contributed by atoms with Crippen molar-refractivity contribution < 1.29 is 18.7 Å². The van der Waals surface area contributed by atoms with Crippen molar-refractivity contribution in [1.29, 1.82) is 0 Å². The average Bonchev–Trinajstić information content (AvgIpc) is 3.20. The number of methoxy groups -OCH3 is 1. The van der Waals surface area contributed by atoms with Gasteiger partial charge in [0, 0.05) is 44.3 Å². The van der Waals surface area contributed by atoms with Crippen molar-refractivity contribution in [2.75, 3.05) is 33.3 Å². The van der Waals surface area contributed by atoms with Gasteiger partial charge in [0.2, 0.25) is 0 Å². The Morgan fingerprint density at radius 2 is 1.90 bits per heavy atom. The summed E-state index contributed by atoms with van der Waals surface area (Å²) in [6, 6.07) is 10.5. The molecule has 5 aliphatic rings. The summed E-state index contributed by atoms with van der Waals surface area (Å²) >= 11 is 0. The van der Waals surface area contributed by atoms with Gasteiger partial charge in [0.05, 0.1) is 23.9 Å². The van der Waals surface area contributed by atoms with E-state index in [4.69, 9.17) is 9.73 Å². The lowest BCUT2D eigenvalue weighted by Gasteiger charge is -2.62. The fourth-order valence-electron chi connectivity index (χ4n) is 7.59. The molecule has 9 heteroatoms. The molecule has 3 saturated carbocycles. The molecular formula is C33H42FN5O3. The Labute approximate surface area is 247 Å². The number of imide groups is 1. The highest BCUT2D eigenvalue weighted by molar-refractivity contribution is 6.21. The molecule has 224 valence electrons. The molecule has 2 aliphatic heterocycles. The third-order valence-electron chi connectivity index (χ3n) is 10.4. The van der Waals surface area contributed by atoms with Crippen LogP contribution in [0.15, 0.2) is 41.4 Å². The summed E-state index contributed by atoms with van der Waals surface area (Å²) < 4.78 is 19.5. The Kier molecular flexibility index (Phi) is 7.50. The Bertz CT molecular complexity index is 1420. The van der Waals surface area contributed by atoms with Gasteiger partial charge < -0.3 is 20.3 Å². The number of piperazine rings is 1. The van der Waals surface area contributed by atoms with Crippen LogP contribution >= 0.6 is 0 Å². The predicted octanol–water partition coefficient (Wildman–Crippen LogP) is 4.61. The molecule has 42 heavy (non-hydrogen) atoms. The van der Waals surface area contributed by atoms with E-state index in [1.807, 2.05) is 6.07 Å². The number of nitrogens with one attached hydrogen (secondary N) is 2. The van der Waals surface area contributed by atoms with E-state index in [1.54, 1.807) is 24.3 Å². The third-order valence-corrected chi connectivity index (χ3v) is 10.4. The topological polar surface area (TPSA) is 86.3 Å². The third kappa shape index (κ3) is 5.06. The fraction of sp³-hybridized carbons (Fsp3) is 0.545. The largest absolute Gasteiger partial charge is 0.497 e. The molecular weight excluding hydrogens is 533 g/mol. The zero-order chi connectivity index (χ0) is 29.8. The maximum absolute atomic E-state index is 14.5. The van der Waals surface area contributed by atoms with E-state index >= 15 is 0 Å². The van der Waals surface area contributed by atoms with E-state index in [1.165, 1.54) is 24.5 Å². The number of halogens is 1. The van der Waals surface area contributed by atoms with Gasteiger partial charge in [-0.15, -0.1) is 0 Å². The van der Waals surface area contributed by atoms with Crippen LogP contribution in [-0.4, -0.2) is 72.9 Å². The van der Waals surface area contributed by atoms with E-state index in [-0.39, 0.29) is 24.8 Å². The van der Waals surface area contributed by atoms with Crippen LogP contribution in [0.25, 0.3) is 0 Å². The van der Waals surface area contributed by atoms with Gasteiger partial charge in [-0.05, 0) is 79.2 Å². The molecule has 0 unspecified atom stereocenters. The molecule has 4 fully saturated rings. The SMILES string of the molecule is COc1ccc(CCN2C(=O)c3ccc(N=C(N[C@H]4C[C@@H]5C[C@@H]([C@H]4C)C5(C)C)N4CCN[C@@H](C)C4)cc3C2=O)c(F)c1. The minimum atomic E-state index is -0.419. The highest BCUT2D eigenvalue weighted by Crippen LogP contribution is 2.61. The van der Waals surface area contributed by atoms with Crippen LogP contribution in [0.4, 0.5) is 10.1 Å². The number of guanidine groups is 1. The first-order chi connectivity index (χ1) is 20.1. The second kappa shape index (κ2) is 11.0. The molecule has 1 saturated heterocycles. The number of ether oxygens (including phenoxy) is 1. The van der Waals surface area contributed by atoms with Crippen molar-refractivity contribution in [3.63, 3.8) is 0 Å². The first-order valence-corrected chi connectivity index (χ1v) is 15.2. The van der Waals surface area contributed by atoms with Gasteiger partial charge in [-0.2, -0.15) is 0 Å². The summed E-state index contributed by atoms with van der Waals surface area (Å²) in [7, 11) is 1.48. The van der Waals surface area contributed by atoms with E-state index < -0.39 is 5.82 Å². The molecule has 0 radical (unpaired) electrons. The number of amides is 2. The maximum Gasteiger partial charge on any atom is 0.261 e. The molecule has 2 N–H and O–H groups in total. The summed E-state index contributed by atoms with van der Waals surface area (Å²) in [5, 5.41) is 7.34. The minimum absolute atomic E-state index is 0.0952. The number of hydrogen-bond acceptors (Lipinski definition) is 5. The van der Waals surface area contributed by atoms with E-state index in [0.29, 0.717) is 57.5 Å². The number of hydrogen-bond donors (Lipinski definition) is 2. The van der Waals surface area contributed by atoms with Gasteiger partial charge in [0.15, 0.2) is 5.96 Å². The lowest BCUT2D eigenvalue weighted by molar-refractivity contribution is -0.112. The number of carbonyl (C=O) groups is 2. The Morgan fingerprint density at radius 1 is 1.12 bits per heavy atom. The van der Waals surface area contributed by atoms with Crippen LogP contribution in [0, 0.1) is 29.0 Å². The summed E-state index contributed by atoms with van der Waals surface area (Å²) in [6.07, 6.45) is 2.66. The zero-order valence-electron chi connectivity index (χ0n) is 25.2. The molecule has 2 amide bonds.